The van der Waals surface area contributed by atoms with Crippen LogP contribution in [0, 0.1) is 5.92 Å². The quantitative estimate of drug-likeness (QED) is 0.193. The van der Waals surface area contributed by atoms with Crippen molar-refractivity contribution in [1.29, 1.82) is 0 Å². The molecule has 3 aromatic rings. The van der Waals surface area contributed by atoms with E-state index in [4.69, 9.17) is 19.2 Å². The van der Waals surface area contributed by atoms with Gasteiger partial charge in [-0.05, 0) is 124 Å². The van der Waals surface area contributed by atoms with Crippen LogP contribution < -0.4 is 10.3 Å². The van der Waals surface area contributed by atoms with Crippen molar-refractivity contribution >= 4 is 39.1 Å². The molecule has 2 aliphatic heterocycles. The Bertz CT molecular complexity index is 1740. The van der Waals surface area contributed by atoms with Gasteiger partial charge < -0.3 is 19.1 Å². The maximum absolute atomic E-state index is 13.5. The molecule has 1 amide bonds. The van der Waals surface area contributed by atoms with E-state index in [1.54, 1.807) is 4.90 Å². The molecule has 10 heteroatoms. The highest BCUT2D eigenvalue weighted by Crippen LogP contribution is 2.48. The molecular formula is C37H46BrN3O6. The van der Waals surface area contributed by atoms with E-state index in [0.29, 0.717) is 47.5 Å². The number of benzene rings is 2. The van der Waals surface area contributed by atoms with E-state index in [-0.39, 0.29) is 23.5 Å². The topological polar surface area (TPSA) is 100.0 Å². The number of aromatic nitrogens is 2. The molecule has 1 aliphatic carbocycles. The third-order valence-electron chi connectivity index (χ3n) is 9.49. The predicted molar refractivity (Wildman–Crippen MR) is 185 cm³/mol. The van der Waals surface area contributed by atoms with Crippen LogP contribution >= 0.6 is 15.9 Å². The summed E-state index contributed by atoms with van der Waals surface area (Å²) in [5.41, 5.74) is 2.07. The van der Waals surface area contributed by atoms with E-state index in [0.717, 1.165) is 41.0 Å². The molecule has 252 valence electrons. The van der Waals surface area contributed by atoms with Gasteiger partial charge in [-0.25, -0.2) is 9.59 Å². The molecule has 1 saturated heterocycles. The Hall–Kier alpha value is -3.40. The molecule has 0 radical (unpaired) electrons. The van der Waals surface area contributed by atoms with E-state index < -0.39 is 17.4 Å². The first-order valence-corrected chi connectivity index (χ1v) is 17.8. The first kappa shape index (κ1) is 33.5. The molecule has 0 spiro atoms. The Labute approximate surface area is 285 Å². The summed E-state index contributed by atoms with van der Waals surface area (Å²) in [6.45, 7) is 12.1. The SMILES string of the molecule is CC(C)(C)OC(=O)Oc1cc2c(cc1C1CCN(C(=O)OC(C)(C)C)CC1)C(CCC1CCCC1)c1nc(=O)c3c(Br)cccc3n1-2. The lowest BCUT2D eigenvalue weighted by Gasteiger charge is -2.34. The summed E-state index contributed by atoms with van der Waals surface area (Å²) < 4.78 is 20.0. The van der Waals surface area contributed by atoms with Crippen LogP contribution in [0.5, 0.6) is 5.75 Å². The summed E-state index contributed by atoms with van der Waals surface area (Å²) >= 11 is 3.58. The van der Waals surface area contributed by atoms with Crippen molar-refractivity contribution in [3.8, 4) is 11.4 Å². The lowest BCUT2D eigenvalue weighted by atomic mass is 9.84. The summed E-state index contributed by atoms with van der Waals surface area (Å²) in [5.74, 6) is 1.80. The van der Waals surface area contributed by atoms with Gasteiger partial charge in [-0.15, -0.1) is 0 Å². The van der Waals surface area contributed by atoms with Gasteiger partial charge in [0.05, 0.1) is 16.6 Å². The number of carbonyl (C=O) groups is 2. The number of fused-ring (bicyclic) bond motifs is 5. The van der Waals surface area contributed by atoms with Crippen LogP contribution in [0.15, 0.2) is 39.6 Å². The maximum Gasteiger partial charge on any atom is 0.514 e. The Morgan fingerprint density at radius 1 is 0.915 bits per heavy atom. The number of hydrogen-bond acceptors (Lipinski definition) is 7. The zero-order valence-corrected chi connectivity index (χ0v) is 29.9. The van der Waals surface area contributed by atoms with Crippen LogP contribution in [-0.4, -0.2) is 51.0 Å². The fraction of sp³-hybridized carbons (Fsp3) is 0.568. The van der Waals surface area contributed by atoms with Crippen LogP contribution in [-0.2, 0) is 9.47 Å². The summed E-state index contributed by atoms with van der Waals surface area (Å²) in [6, 6.07) is 9.83. The first-order chi connectivity index (χ1) is 22.2. The van der Waals surface area contributed by atoms with Crippen LogP contribution in [0.1, 0.15) is 122 Å². The predicted octanol–water partition coefficient (Wildman–Crippen LogP) is 8.99. The molecule has 1 saturated carbocycles. The number of halogens is 1. The zero-order chi connectivity index (χ0) is 33.7. The van der Waals surface area contributed by atoms with Crippen molar-refractivity contribution in [3.63, 3.8) is 0 Å². The molecule has 0 bridgehead atoms. The summed E-state index contributed by atoms with van der Waals surface area (Å²) in [7, 11) is 0. The van der Waals surface area contributed by atoms with E-state index >= 15 is 0 Å². The van der Waals surface area contributed by atoms with Gasteiger partial charge in [0.2, 0.25) is 0 Å². The number of likely N-dealkylation sites (tertiary alicyclic amines) is 1. The number of amides is 1. The highest BCUT2D eigenvalue weighted by molar-refractivity contribution is 9.10. The van der Waals surface area contributed by atoms with E-state index in [1.165, 1.54) is 25.7 Å². The monoisotopic (exact) mass is 707 g/mol. The Morgan fingerprint density at radius 3 is 2.26 bits per heavy atom. The van der Waals surface area contributed by atoms with Crippen molar-refractivity contribution in [1.82, 2.24) is 14.5 Å². The minimum absolute atomic E-state index is 0.0366. The number of carbonyl (C=O) groups excluding carboxylic acids is 2. The van der Waals surface area contributed by atoms with E-state index in [9.17, 15) is 14.4 Å². The molecule has 1 atom stereocenters. The Balaban J connectivity index is 1.43. The van der Waals surface area contributed by atoms with Gasteiger partial charge in [0.25, 0.3) is 5.56 Å². The summed E-state index contributed by atoms with van der Waals surface area (Å²) in [6.07, 6.45) is 7.28. The molecule has 6 rings (SSSR count). The van der Waals surface area contributed by atoms with Crippen molar-refractivity contribution < 1.29 is 23.8 Å². The smallest absolute Gasteiger partial charge is 0.444 e. The second-order valence-electron chi connectivity index (χ2n) is 15.3. The van der Waals surface area contributed by atoms with Crippen LogP contribution in [0.4, 0.5) is 9.59 Å². The van der Waals surface area contributed by atoms with Crippen LogP contribution in [0.2, 0.25) is 0 Å². The molecule has 1 aromatic heterocycles. The fourth-order valence-corrected chi connectivity index (χ4v) is 7.93. The fourth-order valence-electron chi connectivity index (χ4n) is 7.40. The highest BCUT2D eigenvalue weighted by atomic mass is 79.9. The molecular weight excluding hydrogens is 662 g/mol. The van der Waals surface area contributed by atoms with E-state index in [1.807, 2.05) is 65.8 Å². The number of piperidine rings is 1. The van der Waals surface area contributed by atoms with Crippen LogP contribution in [0.25, 0.3) is 16.6 Å². The molecule has 47 heavy (non-hydrogen) atoms. The Morgan fingerprint density at radius 2 is 1.60 bits per heavy atom. The first-order valence-electron chi connectivity index (χ1n) is 17.0. The Kier molecular flexibility index (Phi) is 9.19. The van der Waals surface area contributed by atoms with Crippen molar-refractivity contribution in [3.05, 3.63) is 62.1 Å². The van der Waals surface area contributed by atoms with Gasteiger partial charge in [-0.1, -0.05) is 31.7 Å². The van der Waals surface area contributed by atoms with E-state index in [2.05, 4.69) is 26.6 Å². The number of rotatable bonds is 5. The van der Waals surface area contributed by atoms with Crippen molar-refractivity contribution in [2.24, 2.45) is 5.92 Å². The molecule has 2 fully saturated rings. The lowest BCUT2D eigenvalue weighted by molar-refractivity contribution is 0.0200. The second-order valence-corrected chi connectivity index (χ2v) is 16.1. The van der Waals surface area contributed by atoms with Crippen molar-refractivity contribution in [2.75, 3.05) is 13.1 Å². The average Bonchev–Trinajstić information content (AvgIpc) is 3.59. The number of nitrogens with zero attached hydrogens (tertiary/aromatic N) is 3. The molecule has 2 aromatic carbocycles. The summed E-state index contributed by atoms with van der Waals surface area (Å²) in [4.78, 5) is 45.9. The zero-order valence-electron chi connectivity index (χ0n) is 28.4. The average molecular weight is 709 g/mol. The molecule has 1 unspecified atom stereocenters. The minimum Gasteiger partial charge on any atom is -0.444 e. The largest absolute Gasteiger partial charge is 0.514 e. The normalized spacial score (nSPS) is 18.7. The molecule has 0 N–H and O–H groups in total. The third-order valence-corrected chi connectivity index (χ3v) is 10.1. The molecule has 3 heterocycles. The van der Waals surface area contributed by atoms with Gasteiger partial charge in [0, 0.05) is 29.5 Å². The van der Waals surface area contributed by atoms with Gasteiger partial charge in [-0.2, -0.15) is 4.98 Å². The maximum atomic E-state index is 13.5. The highest BCUT2D eigenvalue weighted by Gasteiger charge is 2.37. The van der Waals surface area contributed by atoms with Gasteiger partial charge in [-0.3, -0.25) is 9.36 Å². The van der Waals surface area contributed by atoms with Crippen LogP contribution in [0.3, 0.4) is 0 Å². The lowest BCUT2D eigenvalue weighted by Crippen LogP contribution is -2.41. The van der Waals surface area contributed by atoms with Gasteiger partial charge >= 0.3 is 12.2 Å². The molecule has 3 aliphatic rings. The van der Waals surface area contributed by atoms with Crippen molar-refractivity contribution in [2.45, 2.75) is 116 Å². The molecule has 9 nitrogen and oxygen atoms in total. The number of hydrogen-bond donors (Lipinski definition) is 0. The third kappa shape index (κ3) is 7.22. The van der Waals surface area contributed by atoms with Gasteiger partial charge in [0.1, 0.15) is 22.8 Å². The standard InChI is InChI=1S/C37H46BrN3O6/c1-36(2,3)46-34(43)40-18-16-23(17-19-40)25-20-26-24(15-14-22-10-7-8-11-22)32-39-33(42)31-27(38)12-9-13-28(31)41(32)29(26)21-30(25)45-35(44)47-37(4,5)6/h9,12-13,20-24H,7-8,10-11,14-19H2,1-6H3. The summed E-state index contributed by atoms with van der Waals surface area (Å²) in [5, 5.41) is 0.520. The number of ether oxygens (including phenoxy) is 3. The van der Waals surface area contributed by atoms with Gasteiger partial charge in [0.15, 0.2) is 0 Å². The minimum atomic E-state index is -0.772. The second kappa shape index (κ2) is 12.9.